The number of carbonyl (C=O) groups is 4. The van der Waals surface area contributed by atoms with Crippen molar-refractivity contribution in [2.75, 3.05) is 0 Å². The van der Waals surface area contributed by atoms with E-state index in [0.29, 0.717) is 6.42 Å². The Morgan fingerprint density at radius 1 is 1.03 bits per heavy atom. The van der Waals surface area contributed by atoms with Gasteiger partial charge in [0, 0.05) is 6.42 Å². The van der Waals surface area contributed by atoms with Crippen molar-refractivity contribution in [1.82, 2.24) is 0 Å². The number of carbonyl (C=O) groups excluding carboxylic acids is 2. The lowest BCUT2D eigenvalue weighted by atomic mass is 9.62. The largest absolute Gasteiger partial charge is 0.480 e. The minimum Gasteiger partial charge on any atom is -0.480 e. The van der Waals surface area contributed by atoms with Crippen molar-refractivity contribution < 1.29 is 34.5 Å². The molecule has 172 valence electrons. The summed E-state index contributed by atoms with van der Waals surface area (Å²) in [5.74, 6) is -6.68. The standard InChI is InChI=1S/C21H31N3O7/c1-12(2)11-14(22)17(26)20(16(23)18(27)28,21(24,31)19(29)30)15(25)10-6-9-13-7-4-3-5-8-13/h3-5,7-8,12,14,16,31H,6,9-11,22-24H2,1-2H3,(H,27,28)(H,29,30). The highest BCUT2D eigenvalue weighted by molar-refractivity contribution is 6.16. The molecule has 0 bridgehead atoms. The van der Waals surface area contributed by atoms with Crippen LogP contribution in [0.4, 0.5) is 0 Å². The van der Waals surface area contributed by atoms with Gasteiger partial charge in [-0.3, -0.25) is 20.1 Å². The zero-order valence-corrected chi connectivity index (χ0v) is 17.7. The van der Waals surface area contributed by atoms with Crippen LogP contribution in [0.25, 0.3) is 0 Å². The highest BCUT2D eigenvalue weighted by Crippen LogP contribution is 2.38. The highest BCUT2D eigenvalue weighted by Gasteiger charge is 2.68. The number of nitrogens with two attached hydrogens (primary N) is 3. The molecule has 0 aliphatic heterocycles. The second-order valence-corrected chi connectivity index (χ2v) is 8.06. The topological polar surface area (TPSA) is 207 Å². The molecule has 0 heterocycles. The molecule has 0 amide bonds. The molecule has 10 heteroatoms. The molecule has 0 aliphatic rings. The third kappa shape index (κ3) is 5.53. The number of aliphatic carboxylic acids is 2. The Morgan fingerprint density at radius 2 is 1.58 bits per heavy atom. The summed E-state index contributed by atoms with van der Waals surface area (Å²) in [6.45, 7) is 3.44. The number of carboxylic acids is 2. The Hall–Kier alpha value is -2.66. The van der Waals surface area contributed by atoms with Crippen LogP contribution in [0.2, 0.25) is 0 Å². The SMILES string of the molecule is CC(C)CC(N)C(=O)C(C(=O)CCCc1ccccc1)(C(N)C(=O)O)C(N)(O)C(=O)O. The number of benzene rings is 1. The smallest absolute Gasteiger partial charge is 0.352 e. The number of ketones is 2. The van der Waals surface area contributed by atoms with Gasteiger partial charge < -0.3 is 26.8 Å². The van der Waals surface area contributed by atoms with Crippen LogP contribution >= 0.6 is 0 Å². The number of Topliss-reactive ketones (excluding diaryl/α,β-unsaturated/α-hetero) is 2. The molecule has 9 N–H and O–H groups in total. The number of rotatable bonds is 13. The van der Waals surface area contributed by atoms with E-state index >= 15 is 0 Å². The molecule has 0 radical (unpaired) electrons. The molecular formula is C21H31N3O7. The zero-order chi connectivity index (χ0) is 24.0. The number of carboxylic acid groups (broad SMARTS) is 2. The molecule has 1 rings (SSSR count). The first kappa shape index (κ1) is 26.4. The number of aliphatic hydroxyl groups is 1. The molecule has 31 heavy (non-hydrogen) atoms. The summed E-state index contributed by atoms with van der Waals surface area (Å²) in [5.41, 5.74) is 11.2. The summed E-state index contributed by atoms with van der Waals surface area (Å²) in [6, 6.07) is 5.12. The summed E-state index contributed by atoms with van der Waals surface area (Å²) in [4.78, 5) is 50.1. The third-order valence-electron chi connectivity index (χ3n) is 5.26. The quantitative estimate of drug-likeness (QED) is 0.174. The van der Waals surface area contributed by atoms with Gasteiger partial charge in [0.15, 0.2) is 17.0 Å². The molecule has 1 aromatic carbocycles. The van der Waals surface area contributed by atoms with Gasteiger partial charge in [-0.25, -0.2) is 4.79 Å². The lowest BCUT2D eigenvalue weighted by Crippen LogP contribution is -2.76. The van der Waals surface area contributed by atoms with Crippen molar-refractivity contribution in [3.05, 3.63) is 35.9 Å². The summed E-state index contributed by atoms with van der Waals surface area (Å²) >= 11 is 0. The van der Waals surface area contributed by atoms with Crippen LogP contribution < -0.4 is 17.2 Å². The van der Waals surface area contributed by atoms with Crippen molar-refractivity contribution >= 4 is 23.5 Å². The van der Waals surface area contributed by atoms with E-state index in [9.17, 15) is 34.5 Å². The van der Waals surface area contributed by atoms with E-state index in [-0.39, 0.29) is 18.8 Å². The highest BCUT2D eigenvalue weighted by atomic mass is 16.4. The lowest BCUT2D eigenvalue weighted by molar-refractivity contribution is -0.189. The van der Waals surface area contributed by atoms with Gasteiger partial charge in [0.05, 0.1) is 6.04 Å². The number of hydrogen-bond acceptors (Lipinski definition) is 8. The molecule has 4 unspecified atom stereocenters. The summed E-state index contributed by atoms with van der Waals surface area (Å²) in [5, 5.41) is 29.6. The second kappa shape index (κ2) is 10.6. The van der Waals surface area contributed by atoms with Crippen LogP contribution in [0.1, 0.15) is 38.7 Å². The first-order valence-corrected chi connectivity index (χ1v) is 9.90. The molecule has 0 saturated heterocycles. The molecule has 10 nitrogen and oxygen atoms in total. The van der Waals surface area contributed by atoms with Crippen molar-refractivity contribution in [2.45, 2.75) is 57.3 Å². The molecule has 0 fully saturated rings. The fourth-order valence-corrected chi connectivity index (χ4v) is 3.66. The maximum atomic E-state index is 13.3. The molecule has 4 atom stereocenters. The third-order valence-corrected chi connectivity index (χ3v) is 5.26. The molecule has 0 aromatic heterocycles. The summed E-state index contributed by atoms with van der Waals surface area (Å²) in [7, 11) is 0. The van der Waals surface area contributed by atoms with Crippen LogP contribution in [0.3, 0.4) is 0 Å². The first-order valence-electron chi connectivity index (χ1n) is 9.90. The Morgan fingerprint density at radius 3 is 2.03 bits per heavy atom. The van der Waals surface area contributed by atoms with E-state index < -0.39 is 53.1 Å². The molecule has 0 spiro atoms. The average molecular weight is 437 g/mol. The van der Waals surface area contributed by atoms with Crippen LogP contribution in [0.5, 0.6) is 0 Å². The number of aryl methyl sites for hydroxylation is 1. The van der Waals surface area contributed by atoms with E-state index in [1.54, 1.807) is 38.1 Å². The maximum absolute atomic E-state index is 13.3. The predicted octanol–water partition coefficient (Wildman–Crippen LogP) is -0.349. The van der Waals surface area contributed by atoms with Gasteiger partial charge in [0.2, 0.25) is 5.72 Å². The predicted molar refractivity (Wildman–Crippen MR) is 112 cm³/mol. The van der Waals surface area contributed by atoms with E-state index in [1.165, 1.54) is 0 Å². The Balaban J connectivity index is 3.46. The second-order valence-electron chi connectivity index (χ2n) is 8.06. The van der Waals surface area contributed by atoms with Crippen LogP contribution in [0.15, 0.2) is 30.3 Å². The Bertz CT molecular complexity index is 810. The molecule has 1 aromatic rings. The fourth-order valence-electron chi connectivity index (χ4n) is 3.66. The monoisotopic (exact) mass is 437 g/mol. The van der Waals surface area contributed by atoms with Gasteiger partial charge in [0.1, 0.15) is 6.04 Å². The zero-order valence-electron chi connectivity index (χ0n) is 17.7. The van der Waals surface area contributed by atoms with E-state index in [4.69, 9.17) is 17.2 Å². The molecule has 0 saturated carbocycles. The van der Waals surface area contributed by atoms with Crippen molar-refractivity contribution in [2.24, 2.45) is 28.5 Å². The van der Waals surface area contributed by atoms with Crippen molar-refractivity contribution in [3.8, 4) is 0 Å². The maximum Gasteiger partial charge on any atom is 0.352 e. The Kier molecular flexibility index (Phi) is 9.00. The normalized spacial score (nSPS) is 17.3. The van der Waals surface area contributed by atoms with Gasteiger partial charge in [-0.2, -0.15) is 0 Å². The van der Waals surface area contributed by atoms with Gasteiger partial charge in [0.25, 0.3) is 0 Å². The Labute approximate surface area is 180 Å². The minimum atomic E-state index is -3.58. The average Bonchev–Trinajstić information content (AvgIpc) is 2.68. The van der Waals surface area contributed by atoms with Gasteiger partial charge in [-0.05, 0) is 30.7 Å². The number of hydrogen-bond donors (Lipinski definition) is 6. The molecular weight excluding hydrogens is 406 g/mol. The van der Waals surface area contributed by atoms with Crippen molar-refractivity contribution in [3.63, 3.8) is 0 Å². The lowest BCUT2D eigenvalue weighted by Gasteiger charge is -2.43. The van der Waals surface area contributed by atoms with Gasteiger partial charge in [-0.1, -0.05) is 44.2 Å². The van der Waals surface area contributed by atoms with Crippen LogP contribution in [0, 0.1) is 11.3 Å². The van der Waals surface area contributed by atoms with Gasteiger partial charge in [-0.15, -0.1) is 0 Å². The fraction of sp³-hybridized carbons (Fsp3) is 0.524. The van der Waals surface area contributed by atoms with Crippen LogP contribution in [-0.2, 0) is 25.6 Å². The van der Waals surface area contributed by atoms with Crippen LogP contribution in [-0.4, -0.2) is 56.6 Å². The van der Waals surface area contributed by atoms with E-state index in [1.807, 2.05) is 6.07 Å². The van der Waals surface area contributed by atoms with E-state index in [2.05, 4.69) is 0 Å². The minimum absolute atomic E-state index is 0.0000826. The summed E-state index contributed by atoms with van der Waals surface area (Å²) in [6.07, 6.45) is 0.0787. The first-order chi connectivity index (χ1) is 14.3. The molecule has 0 aliphatic carbocycles. The summed E-state index contributed by atoms with van der Waals surface area (Å²) < 4.78 is 0. The van der Waals surface area contributed by atoms with Gasteiger partial charge >= 0.3 is 11.9 Å². The van der Waals surface area contributed by atoms with Crippen molar-refractivity contribution in [1.29, 1.82) is 0 Å². The van der Waals surface area contributed by atoms with E-state index in [0.717, 1.165) is 5.56 Å².